The van der Waals surface area contributed by atoms with E-state index < -0.39 is 0 Å². The molecule has 0 aliphatic carbocycles. The molecule has 0 fully saturated rings. The highest BCUT2D eigenvalue weighted by Crippen LogP contribution is 2.22. The van der Waals surface area contributed by atoms with E-state index in [0.717, 1.165) is 19.3 Å². The van der Waals surface area contributed by atoms with Crippen molar-refractivity contribution < 1.29 is 9.90 Å². The fourth-order valence-electron chi connectivity index (χ4n) is 2.04. The van der Waals surface area contributed by atoms with Crippen molar-refractivity contribution in [3.63, 3.8) is 0 Å². The maximum atomic E-state index is 12.1. The molecule has 0 spiro atoms. The van der Waals surface area contributed by atoms with Crippen molar-refractivity contribution in [3.05, 3.63) is 0 Å². The molecule has 4 nitrogen and oxygen atoms in total. The lowest BCUT2D eigenvalue weighted by atomic mass is 9.84. The van der Waals surface area contributed by atoms with Gasteiger partial charge in [-0.1, -0.05) is 34.1 Å². The SMILES string of the molecule is CC(N)CCCC(C)C(=O)NC(CCO)C(C)(C)C. The largest absolute Gasteiger partial charge is 0.396 e. The number of nitrogens with one attached hydrogen (secondary N) is 1. The van der Waals surface area contributed by atoms with E-state index in [1.54, 1.807) is 0 Å². The number of nitrogens with two attached hydrogens (primary N) is 1. The Hall–Kier alpha value is -0.610. The van der Waals surface area contributed by atoms with Crippen LogP contribution in [0.5, 0.6) is 0 Å². The van der Waals surface area contributed by atoms with Crippen LogP contribution in [0.2, 0.25) is 0 Å². The first-order valence-corrected chi connectivity index (χ1v) is 7.35. The van der Waals surface area contributed by atoms with Crippen LogP contribution >= 0.6 is 0 Å². The van der Waals surface area contributed by atoms with Gasteiger partial charge < -0.3 is 16.2 Å². The molecule has 114 valence electrons. The smallest absolute Gasteiger partial charge is 0.223 e. The Kier molecular flexibility index (Phi) is 8.26. The minimum Gasteiger partial charge on any atom is -0.396 e. The monoisotopic (exact) mass is 272 g/mol. The van der Waals surface area contributed by atoms with E-state index in [4.69, 9.17) is 10.8 Å². The third-order valence-corrected chi connectivity index (χ3v) is 3.52. The minimum absolute atomic E-state index is 0.00212. The number of amides is 1. The molecule has 0 rings (SSSR count). The van der Waals surface area contributed by atoms with Crippen molar-refractivity contribution in [2.45, 2.75) is 72.4 Å². The molecule has 0 saturated carbocycles. The molecule has 19 heavy (non-hydrogen) atoms. The van der Waals surface area contributed by atoms with Gasteiger partial charge >= 0.3 is 0 Å². The summed E-state index contributed by atoms with van der Waals surface area (Å²) in [7, 11) is 0. The highest BCUT2D eigenvalue weighted by Gasteiger charge is 2.27. The standard InChI is InChI=1S/C15H32N2O2/c1-11(7-6-8-12(2)16)14(19)17-13(9-10-18)15(3,4)5/h11-13,18H,6-10,16H2,1-5H3,(H,17,19). The van der Waals surface area contributed by atoms with Gasteiger partial charge in [0.15, 0.2) is 0 Å². The zero-order valence-electron chi connectivity index (χ0n) is 13.2. The van der Waals surface area contributed by atoms with Crippen molar-refractivity contribution in [2.24, 2.45) is 17.1 Å². The van der Waals surface area contributed by atoms with Crippen LogP contribution in [0, 0.1) is 11.3 Å². The van der Waals surface area contributed by atoms with Gasteiger partial charge in [0, 0.05) is 24.6 Å². The van der Waals surface area contributed by atoms with Crippen molar-refractivity contribution in [1.29, 1.82) is 0 Å². The van der Waals surface area contributed by atoms with E-state index in [1.165, 1.54) is 0 Å². The highest BCUT2D eigenvalue weighted by atomic mass is 16.3. The van der Waals surface area contributed by atoms with Crippen LogP contribution < -0.4 is 11.1 Å². The Labute approximate surface area is 118 Å². The molecule has 3 unspecified atom stereocenters. The minimum atomic E-state index is -0.0378. The number of hydrogen-bond acceptors (Lipinski definition) is 3. The Balaban J connectivity index is 4.24. The Morgan fingerprint density at radius 2 is 1.79 bits per heavy atom. The van der Waals surface area contributed by atoms with Gasteiger partial charge in [0.05, 0.1) is 0 Å². The predicted octanol–water partition coefficient (Wildman–Crippen LogP) is 2.05. The van der Waals surface area contributed by atoms with E-state index >= 15 is 0 Å². The number of carbonyl (C=O) groups excluding carboxylic acids is 1. The molecule has 1 amide bonds. The van der Waals surface area contributed by atoms with Gasteiger partial charge in [-0.3, -0.25) is 4.79 Å². The van der Waals surface area contributed by atoms with E-state index in [1.807, 2.05) is 13.8 Å². The van der Waals surface area contributed by atoms with Gasteiger partial charge in [-0.25, -0.2) is 0 Å². The van der Waals surface area contributed by atoms with E-state index in [0.29, 0.717) is 6.42 Å². The first-order valence-electron chi connectivity index (χ1n) is 7.35. The third-order valence-electron chi connectivity index (χ3n) is 3.52. The summed E-state index contributed by atoms with van der Waals surface area (Å²) in [6.45, 7) is 10.3. The van der Waals surface area contributed by atoms with Crippen LogP contribution in [0.25, 0.3) is 0 Å². The van der Waals surface area contributed by atoms with Crippen LogP contribution in [0.1, 0.15) is 60.3 Å². The van der Waals surface area contributed by atoms with Crippen LogP contribution in [-0.2, 0) is 4.79 Å². The quantitative estimate of drug-likeness (QED) is 0.633. The first kappa shape index (κ1) is 18.4. The number of aliphatic hydroxyl groups excluding tert-OH is 1. The summed E-state index contributed by atoms with van der Waals surface area (Å²) in [6, 6.07) is 0.216. The van der Waals surface area contributed by atoms with Crippen LogP contribution in [0.15, 0.2) is 0 Å². The summed E-state index contributed by atoms with van der Waals surface area (Å²) >= 11 is 0. The summed E-state index contributed by atoms with van der Waals surface area (Å²) in [6.07, 6.45) is 3.40. The van der Waals surface area contributed by atoms with Gasteiger partial charge in [-0.15, -0.1) is 0 Å². The van der Waals surface area contributed by atoms with Crippen molar-refractivity contribution >= 4 is 5.91 Å². The van der Waals surface area contributed by atoms with E-state index in [9.17, 15) is 4.79 Å². The van der Waals surface area contributed by atoms with Crippen molar-refractivity contribution in [3.8, 4) is 0 Å². The second-order valence-electron chi connectivity index (χ2n) is 6.75. The lowest BCUT2D eigenvalue weighted by Gasteiger charge is -2.32. The van der Waals surface area contributed by atoms with Crippen molar-refractivity contribution in [2.75, 3.05) is 6.61 Å². The summed E-state index contributed by atoms with van der Waals surface area (Å²) in [4.78, 5) is 12.1. The van der Waals surface area contributed by atoms with Gasteiger partial charge in [0.25, 0.3) is 0 Å². The van der Waals surface area contributed by atoms with Gasteiger partial charge in [0.2, 0.25) is 5.91 Å². The highest BCUT2D eigenvalue weighted by molar-refractivity contribution is 5.78. The van der Waals surface area contributed by atoms with Crippen LogP contribution in [-0.4, -0.2) is 29.7 Å². The Bertz CT molecular complexity index is 259. The molecule has 3 atom stereocenters. The summed E-state index contributed by atoms with van der Waals surface area (Å²) < 4.78 is 0. The lowest BCUT2D eigenvalue weighted by molar-refractivity contribution is -0.126. The normalized spacial score (nSPS) is 16.8. The van der Waals surface area contributed by atoms with E-state index in [-0.39, 0.29) is 35.9 Å². The lowest BCUT2D eigenvalue weighted by Crippen LogP contribution is -2.46. The molecule has 0 heterocycles. The number of carbonyl (C=O) groups is 1. The average molecular weight is 272 g/mol. The zero-order valence-corrected chi connectivity index (χ0v) is 13.2. The average Bonchev–Trinajstić information content (AvgIpc) is 2.26. The predicted molar refractivity (Wildman–Crippen MR) is 79.8 cm³/mol. The molecule has 0 bridgehead atoms. The summed E-state index contributed by atoms with van der Waals surface area (Å²) in [5.74, 6) is 0.0837. The number of rotatable bonds is 8. The number of hydrogen-bond donors (Lipinski definition) is 3. The Morgan fingerprint density at radius 1 is 1.21 bits per heavy atom. The first-order chi connectivity index (χ1) is 8.68. The molecule has 0 aromatic carbocycles. The second-order valence-corrected chi connectivity index (χ2v) is 6.75. The molecular formula is C15H32N2O2. The van der Waals surface area contributed by atoms with E-state index in [2.05, 4.69) is 26.1 Å². The molecule has 4 N–H and O–H groups in total. The van der Waals surface area contributed by atoms with Gasteiger partial charge in [-0.2, -0.15) is 0 Å². The fourth-order valence-corrected chi connectivity index (χ4v) is 2.04. The molecule has 0 aromatic rings. The maximum absolute atomic E-state index is 12.1. The molecule has 0 aliphatic rings. The fraction of sp³-hybridized carbons (Fsp3) is 0.933. The molecule has 0 aliphatic heterocycles. The molecule has 0 saturated heterocycles. The molecule has 4 heteroatoms. The Morgan fingerprint density at radius 3 is 2.21 bits per heavy atom. The molecule has 0 radical (unpaired) electrons. The van der Waals surface area contributed by atoms with Crippen LogP contribution in [0.3, 0.4) is 0 Å². The zero-order chi connectivity index (χ0) is 15.1. The van der Waals surface area contributed by atoms with Crippen molar-refractivity contribution in [1.82, 2.24) is 5.32 Å². The van der Waals surface area contributed by atoms with Gasteiger partial charge in [-0.05, 0) is 31.6 Å². The molecular weight excluding hydrogens is 240 g/mol. The third kappa shape index (κ3) is 8.22. The van der Waals surface area contributed by atoms with Gasteiger partial charge in [0.1, 0.15) is 0 Å². The maximum Gasteiger partial charge on any atom is 0.223 e. The topological polar surface area (TPSA) is 75.4 Å². The molecule has 0 aromatic heterocycles. The summed E-state index contributed by atoms with van der Waals surface area (Å²) in [5.41, 5.74) is 5.67. The van der Waals surface area contributed by atoms with Crippen LogP contribution in [0.4, 0.5) is 0 Å². The second kappa shape index (κ2) is 8.54. The number of aliphatic hydroxyl groups is 1. The summed E-state index contributed by atoms with van der Waals surface area (Å²) in [5, 5.41) is 12.2.